The summed E-state index contributed by atoms with van der Waals surface area (Å²) >= 11 is 0. The number of aromatic nitrogens is 2. The van der Waals surface area contributed by atoms with Crippen LogP contribution in [0.1, 0.15) is 10.4 Å². The molecule has 1 amide bonds. The van der Waals surface area contributed by atoms with E-state index in [0.29, 0.717) is 5.82 Å². The van der Waals surface area contributed by atoms with E-state index in [1.165, 1.54) is 24.4 Å². The minimum Gasteiger partial charge on any atom is -0.307 e. The Labute approximate surface area is 104 Å². The largest absolute Gasteiger partial charge is 0.307 e. The smallest absolute Gasteiger partial charge is 0.256 e. The molecule has 2 aromatic rings. The van der Waals surface area contributed by atoms with Gasteiger partial charge < -0.3 is 5.32 Å². The van der Waals surface area contributed by atoms with Gasteiger partial charge in [-0.15, -0.1) is 0 Å². The van der Waals surface area contributed by atoms with E-state index < -0.39 is 15.7 Å². The van der Waals surface area contributed by atoms with Gasteiger partial charge in [-0.2, -0.15) is 5.10 Å². The fourth-order valence-corrected chi connectivity index (χ4v) is 2.05. The van der Waals surface area contributed by atoms with Crippen LogP contribution in [0.5, 0.6) is 0 Å². The number of anilines is 1. The molecule has 2 rings (SSSR count). The molecule has 1 aromatic heterocycles. The molecule has 0 saturated carbocycles. The molecule has 18 heavy (non-hydrogen) atoms. The third-order valence-electron chi connectivity index (χ3n) is 2.27. The highest BCUT2D eigenvalue weighted by atomic mass is 32.2. The first-order chi connectivity index (χ1) is 8.47. The van der Waals surface area contributed by atoms with Crippen molar-refractivity contribution < 1.29 is 13.2 Å². The van der Waals surface area contributed by atoms with Crippen LogP contribution >= 0.6 is 0 Å². The van der Waals surface area contributed by atoms with Crippen LogP contribution in [0.3, 0.4) is 0 Å². The van der Waals surface area contributed by atoms with Crippen LogP contribution in [0.2, 0.25) is 0 Å². The Kier molecular flexibility index (Phi) is 3.15. The van der Waals surface area contributed by atoms with Crippen molar-refractivity contribution in [2.75, 3.05) is 11.6 Å². The Bertz CT molecular complexity index is 663. The number of carbonyl (C=O) groups is 1. The number of nitrogens with one attached hydrogen (secondary N) is 2. The molecule has 0 saturated heterocycles. The molecule has 0 bridgehead atoms. The van der Waals surface area contributed by atoms with Gasteiger partial charge >= 0.3 is 0 Å². The number of hydrogen-bond donors (Lipinski definition) is 2. The molecular weight excluding hydrogens is 254 g/mol. The van der Waals surface area contributed by atoms with Crippen molar-refractivity contribution in [3.8, 4) is 0 Å². The number of carbonyl (C=O) groups excluding carboxylic acids is 1. The third-order valence-corrected chi connectivity index (χ3v) is 3.38. The van der Waals surface area contributed by atoms with E-state index in [2.05, 4.69) is 15.5 Å². The summed E-state index contributed by atoms with van der Waals surface area (Å²) in [6.07, 6.45) is 2.60. The van der Waals surface area contributed by atoms with E-state index in [1.807, 2.05) is 0 Å². The number of sulfone groups is 1. The number of benzene rings is 1. The van der Waals surface area contributed by atoms with Crippen molar-refractivity contribution >= 4 is 21.6 Å². The predicted molar refractivity (Wildman–Crippen MR) is 66.1 cm³/mol. The minimum atomic E-state index is -3.32. The van der Waals surface area contributed by atoms with Gasteiger partial charge in [-0.05, 0) is 18.2 Å². The highest BCUT2D eigenvalue weighted by Gasteiger charge is 2.11. The summed E-state index contributed by atoms with van der Waals surface area (Å²) in [6, 6.07) is 7.44. The van der Waals surface area contributed by atoms with Crippen molar-refractivity contribution in [1.82, 2.24) is 10.2 Å². The average Bonchev–Trinajstić information content (AvgIpc) is 2.81. The highest BCUT2D eigenvalue weighted by molar-refractivity contribution is 7.90. The van der Waals surface area contributed by atoms with E-state index in [4.69, 9.17) is 0 Å². The molecule has 0 radical (unpaired) electrons. The molecule has 0 atom stereocenters. The molecule has 7 heteroatoms. The number of amides is 1. The van der Waals surface area contributed by atoms with Crippen molar-refractivity contribution in [2.45, 2.75) is 4.90 Å². The van der Waals surface area contributed by atoms with Crippen molar-refractivity contribution in [3.05, 3.63) is 42.1 Å². The standard InChI is InChI=1S/C11H11N3O3S/c1-18(16,17)9-4-2-3-8(7-9)11(15)13-10-5-6-12-14-10/h2-7H,1H3,(H2,12,13,14,15). The van der Waals surface area contributed by atoms with Gasteiger partial charge in [-0.1, -0.05) is 6.07 Å². The molecule has 94 valence electrons. The summed E-state index contributed by atoms with van der Waals surface area (Å²) in [6.45, 7) is 0. The van der Waals surface area contributed by atoms with Crippen molar-refractivity contribution in [1.29, 1.82) is 0 Å². The zero-order chi connectivity index (χ0) is 13.2. The quantitative estimate of drug-likeness (QED) is 0.868. The summed E-state index contributed by atoms with van der Waals surface area (Å²) < 4.78 is 22.8. The van der Waals surface area contributed by atoms with E-state index in [0.717, 1.165) is 6.26 Å². The molecule has 0 spiro atoms. The minimum absolute atomic E-state index is 0.111. The number of rotatable bonds is 3. The Morgan fingerprint density at radius 2 is 2.11 bits per heavy atom. The number of nitrogens with zero attached hydrogens (tertiary/aromatic N) is 1. The Morgan fingerprint density at radius 3 is 2.72 bits per heavy atom. The van der Waals surface area contributed by atoms with Crippen molar-refractivity contribution in [3.63, 3.8) is 0 Å². The van der Waals surface area contributed by atoms with Gasteiger partial charge in [0, 0.05) is 17.9 Å². The third kappa shape index (κ3) is 2.75. The fraction of sp³-hybridized carbons (Fsp3) is 0.0909. The average molecular weight is 265 g/mol. The second-order valence-corrected chi connectivity index (χ2v) is 5.74. The lowest BCUT2D eigenvalue weighted by Gasteiger charge is -2.04. The molecule has 1 heterocycles. The van der Waals surface area contributed by atoms with Crippen LogP contribution < -0.4 is 5.32 Å². The maximum Gasteiger partial charge on any atom is 0.256 e. The topological polar surface area (TPSA) is 91.9 Å². The summed E-state index contributed by atoms with van der Waals surface area (Å²) in [7, 11) is -3.32. The van der Waals surface area contributed by atoms with Crippen LogP contribution in [0, 0.1) is 0 Å². The first kappa shape index (κ1) is 12.3. The van der Waals surface area contributed by atoms with E-state index in [1.54, 1.807) is 12.1 Å². The summed E-state index contributed by atoms with van der Waals surface area (Å²) in [5.74, 6) is 0.0505. The van der Waals surface area contributed by atoms with Gasteiger partial charge in [0.1, 0.15) is 5.82 Å². The predicted octanol–water partition coefficient (Wildman–Crippen LogP) is 1.07. The second-order valence-electron chi connectivity index (χ2n) is 3.72. The molecule has 0 aliphatic heterocycles. The maximum absolute atomic E-state index is 11.8. The second kappa shape index (κ2) is 4.61. The van der Waals surface area contributed by atoms with E-state index in [-0.39, 0.29) is 10.5 Å². The van der Waals surface area contributed by atoms with Crippen LogP contribution in [-0.2, 0) is 9.84 Å². The Balaban J connectivity index is 2.26. The fourth-order valence-electron chi connectivity index (χ4n) is 1.39. The maximum atomic E-state index is 11.8. The molecule has 2 N–H and O–H groups in total. The lowest BCUT2D eigenvalue weighted by Crippen LogP contribution is -2.13. The van der Waals surface area contributed by atoms with Crippen LogP contribution in [-0.4, -0.2) is 30.8 Å². The summed E-state index contributed by atoms with van der Waals surface area (Å²) in [5.41, 5.74) is 0.271. The first-order valence-electron chi connectivity index (χ1n) is 5.08. The lowest BCUT2D eigenvalue weighted by atomic mass is 10.2. The zero-order valence-corrected chi connectivity index (χ0v) is 10.4. The Morgan fingerprint density at radius 1 is 1.33 bits per heavy atom. The monoisotopic (exact) mass is 265 g/mol. The lowest BCUT2D eigenvalue weighted by molar-refractivity contribution is 0.102. The molecule has 0 unspecified atom stereocenters. The number of hydrogen-bond acceptors (Lipinski definition) is 4. The van der Waals surface area contributed by atoms with Crippen LogP contribution in [0.25, 0.3) is 0 Å². The van der Waals surface area contributed by atoms with Crippen LogP contribution in [0.15, 0.2) is 41.4 Å². The zero-order valence-electron chi connectivity index (χ0n) is 9.54. The molecular formula is C11H11N3O3S. The summed E-state index contributed by atoms with van der Waals surface area (Å²) in [4.78, 5) is 11.9. The van der Waals surface area contributed by atoms with Gasteiger partial charge in [0.25, 0.3) is 5.91 Å². The van der Waals surface area contributed by atoms with E-state index in [9.17, 15) is 13.2 Å². The molecule has 0 aliphatic carbocycles. The van der Waals surface area contributed by atoms with Gasteiger partial charge in [0.2, 0.25) is 0 Å². The van der Waals surface area contributed by atoms with Gasteiger partial charge in [-0.3, -0.25) is 9.89 Å². The van der Waals surface area contributed by atoms with Gasteiger partial charge in [0.15, 0.2) is 9.84 Å². The van der Waals surface area contributed by atoms with Crippen molar-refractivity contribution in [2.24, 2.45) is 0 Å². The SMILES string of the molecule is CS(=O)(=O)c1cccc(C(=O)Nc2ccn[nH]2)c1. The molecule has 6 nitrogen and oxygen atoms in total. The summed E-state index contributed by atoms with van der Waals surface area (Å²) in [5, 5.41) is 8.84. The van der Waals surface area contributed by atoms with Gasteiger partial charge in [0.05, 0.1) is 11.1 Å². The highest BCUT2D eigenvalue weighted by Crippen LogP contribution is 2.12. The number of aromatic amines is 1. The normalized spacial score (nSPS) is 11.2. The molecule has 0 fully saturated rings. The van der Waals surface area contributed by atoms with Crippen LogP contribution in [0.4, 0.5) is 5.82 Å². The van der Waals surface area contributed by atoms with E-state index >= 15 is 0 Å². The Hall–Kier alpha value is -2.15. The molecule has 0 aliphatic rings. The first-order valence-corrected chi connectivity index (χ1v) is 6.97. The number of H-pyrrole nitrogens is 1. The van der Waals surface area contributed by atoms with Gasteiger partial charge in [-0.25, -0.2) is 8.42 Å². The molecule has 1 aromatic carbocycles.